The number of para-hydroxylation sites is 1. The van der Waals surface area contributed by atoms with Gasteiger partial charge in [-0.15, -0.1) is 10.2 Å². The second-order valence-corrected chi connectivity index (χ2v) is 7.18. The van der Waals surface area contributed by atoms with Gasteiger partial charge in [0.1, 0.15) is 5.75 Å². The number of hydrogen-bond acceptors (Lipinski definition) is 4. The highest BCUT2D eigenvalue weighted by atomic mass is 16.3. The summed E-state index contributed by atoms with van der Waals surface area (Å²) in [5.74, 6) is 0.300. The van der Waals surface area contributed by atoms with E-state index < -0.39 is 0 Å². The molecule has 3 heterocycles. The van der Waals surface area contributed by atoms with Crippen molar-refractivity contribution in [2.75, 3.05) is 13.1 Å². The van der Waals surface area contributed by atoms with Crippen molar-refractivity contribution in [1.82, 2.24) is 20.1 Å². The van der Waals surface area contributed by atoms with E-state index in [-0.39, 0.29) is 17.6 Å². The highest BCUT2D eigenvalue weighted by Gasteiger charge is 2.30. The van der Waals surface area contributed by atoms with Crippen molar-refractivity contribution in [1.29, 1.82) is 0 Å². The zero-order valence-corrected chi connectivity index (χ0v) is 15.8. The van der Waals surface area contributed by atoms with Gasteiger partial charge in [0.2, 0.25) is 5.91 Å². The van der Waals surface area contributed by atoms with Crippen LogP contribution in [0.2, 0.25) is 0 Å². The fourth-order valence-corrected chi connectivity index (χ4v) is 3.92. The van der Waals surface area contributed by atoms with Gasteiger partial charge < -0.3 is 15.0 Å². The van der Waals surface area contributed by atoms with Crippen LogP contribution < -0.4 is 0 Å². The van der Waals surface area contributed by atoms with Crippen molar-refractivity contribution in [2.24, 2.45) is 0 Å². The number of phenols is 1. The van der Waals surface area contributed by atoms with Crippen LogP contribution in [0.4, 0.5) is 0 Å². The molecule has 1 fully saturated rings. The molecule has 3 aromatic rings. The van der Waals surface area contributed by atoms with Crippen molar-refractivity contribution in [3.8, 4) is 17.0 Å². The van der Waals surface area contributed by atoms with Crippen molar-refractivity contribution < 1.29 is 9.90 Å². The maximum atomic E-state index is 11.9. The number of aromatic hydroxyl groups is 1. The smallest absolute Gasteiger partial charge is 0.245 e. The molecule has 1 aromatic carbocycles. The normalized spacial score (nSPS) is 16.5. The lowest BCUT2D eigenvalue weighted by Crippen LogP contribution is -2.26. The van der Waals surface area contributed by atoms with Crippen molar-refractivity contribution in [3.63, 3.8) is 0 Å². The van der Waals surface area contributed by atoms with Crippen molar-refractivity contribution in [3.05, 3.63) is 60.8 Å². The Hall–Kier alpha value is -3.41. The molecule has 1 atom stereocenters. The summed E-state index contributed by atoms with van der Waals surface area (Å²) < 4.78 is 0. The predicted molar refractivity (Wildman–Crippen MR) is 110 cm³/mol. The quantitative estimate of drug-likeness (QED) is 0.679. The Morgan fingerprint density at radius 3 is 2.86 bits per heavy atom. The molecule has 1 aliphatic heterocycles. The van der Waals surface area contributed by atoms with Crippen molar-refractivity contribution >= 4 is 22.5 Å². The summed E-state index contributed by atoms with van der Waals surface area (Å²) in [6.45, 7) is 11.0. The van der Waals surface area contributed by atoms with Crippen LogP contribution in [0.1, 0.15) is 30.5 Å². The number of carbonyl (C=O) groups excluding carboxylic acids is 1. The molecule has 0 spiro atoms. The van der Waals surface area contributed by atoms with Crippen LogP contribution in [-0.2, 0) is 4.79 Å². The summed E-state index contributed by atoms with van der Waals surface area (Å²) in [6, 6.07) is 9.01. The molecule has 6 heteroatoms. The van der Waals surface area contributed by atoms with E-state index in [1.165, 1.54) is 6.08 Å². The maximum absolute atomic E-state index is 11.9. The average Bonchev–Trinajstić information content (AvgIpc) is 3.31. The lowest BCUT2D eigenvalue weighted by atomic mass is 9.96. The molecule has 1 aliphatic rings. The van der Waals surface area contributed by atoms with E-state index in [0.29, 0.717) is 30.0 Å². The van der Waals surface area contributed by atoms with Crippen LogP contribution in [0.25, 0.3) is 27.9 Å². The Morgan fingerprint density at radius 2 is 2.14 bits per heavy atom. The first-order chi connectivity index (χ1) is 13.5. The Balaban J connectivity index is 1.80. The van der Waals surface area contributed by atoms with Gasteiger partial charge in [-0.3, -0.25) is 4.79 Å². The molecule has 142 valence electrons. The molecule has 0 bridgehead atoms. The fourth-order valence-electron chi connectivity index (χ4n) is 3.92. The van der Waals surface area contributed by atoms with E-state index in [1.807, 2.05) is 30.0 Å². The summed E-state index contributed by atoms with van der Waals surface area (Å²) in [6.07, 6.45) is 2.23. The van der Waals surface area contributed by atoms with E-state index in [9.17, 15) is 9.90 Å². The van der Waals surface area contributed by atoms with E-state index >= 15 is 0 Å². The molecule has 2 N–H and O–H groups in total. The number of likely N-dealkylation sites (tertiary alicyclic amines) is 1. The summed E-state index contributed by atoms with van der Waals surface area (Å²) in [7, 11) is 0. The fraction of sp³-hybridized carbons (Fsp3) is 0.227. The minimum Gasteiger partial charge on any atom is -0.507 e. The topological polar surface area (TPSA) is 82.1 Å². The molecular weight excluding hydrogens is 352 g/mol. The molecule has 0 saturated carbocycles. The number of fused-ring (bicyclic) bond motifs is 1. The molecule has 1 saturated heterocycles. The molecule has 6 nitrogen and oxygen atoms in total. The van der Waals surface area contributed by atoms with Crippen LogP contribution in [0, 0.1) is 0 Å². The number of phenolic OH excluding ortho intramolecular Hbond substituents is 1. The summed E-state index contributed by atoms with van der Waals surface area (Å²) >= 11 is 0. The minimum absolute atomic E-state index is 0.0443. The molecule has 28 heavy (non-hydrogen) atoms. The van der Waals surface area contributed by atoms with Gasteiger partial charge in [0.05, 0.1) is 5.69 Å². The van der Waals surface area contributed by atoms with Gasteiger partial charge in [0.25, 0.3) is 0 Å². The van der Waals surface area contributed by atoms with Gasteiger partial charge in [-0.1, -0.05) is 25.3 Å². The first kappa shape index (κ1) is 18.0. The molecule has 4 rings (SSSR count). The molecule has 1 amide bonds. The van der Waals surface area contributed by atoms with E-state index in [2.05, 4.69) is 28.3 Å². The number of H-pyrrole nitrogens is 1. The van der Waals surface area contributed by atoms with E-state index in [1.54, 1.807) is 12.1 Å². The van der Waals surface area contributed by atoms with Crippen LogP contribution in [0.3, 0.4) is 0 Å². The van der Waals surface area contributed by atoms with Gasteiger partial charge >= 0.3 is 0 Å². The first-order valence-electron chi connectivity index (χ1n) is 9.24. The number of amides is 1. The highest BCUT2D eigenvalue weighted by molar-refractivity contribution is 5.94. The Kier molecular flexibility index (Phi) is 4.47. The Morgan fingerprint density at radius 1 is 1.36 bits per heavy atom. The third-order valence-corrected chi connectivity index (χ3v) is 5.28. The number of allylic oxidation sites excluding steroid dienone is 1. The molecular formula is C22H22N4O2. The second kappa shape index (κ2) is 6.96. The standard InChI is InChI=1S/C22H22N4O2/c1-4-19(28)26-10-9-14(12-26)21-20(13(2)3)16-11-17(24-25-22(16)23-21)15-7-5-6-8-18(15)27/h4-8,11,14,27H,1-2,9-10,12H2,3H3,(H,23,25)/t14-/m1/s1. The number of rotatable bonds is 4. The van der Waals surface area contributed by atoms with Crippen LogP contribution in [-0.4, -0.2) is 44.2 Å². The van der Waals surface area contributed by atoms with Crippen LogP contribution in [0.5, 0.6) is 5.75 Å². The van der Waals surface area contributed by atoms with E-state index in [4.69, 9.17) is 0 Å². The Labute approximate surface area is 163 Å². The van der Waals surface area contributed by atoms with Gasteiger partial charge in [-0.2, -0.15) is 0 Å². The third kappa shape index (κ3) is 2.97. The Bertz CT molecular complexity index is 1100. The van der Waals surface area contributed by atoms with Crippen LogP contribution >= 0.6 is 0 Å². The zero-order chi connectivity index (χ0) is 19.8. The lowest BCUT2D eigenvalue weighted by Gasteiger charge is -2.15. The molecule has 2 aromatic heterocycles. The number of nitrogens with one attached hydrogen (secondary N) is 1. The SMILES string of the molecule is C=CC(=O)N1CC[C@@H](c2[nH]c3nnc(-c4ccccc4O)cc3c2C(=C)C)C1. The highest BCUT2D eigenvalue weighted by Crippen LogP contribution is 2.37. The zero-order valence-electron chi connectivity index (χ0n) is 15.8. The first-order valence-corrected chi connectivity index (χ1v) is 9.24. The number of nitrogens with zero attached hydrogens (tertiary/aromatic N) is 3. The molecule has 0 unspecified atom stereocenters. The average molecular weight is 374 g/mol. The predicted octanol–water partition coefficient (Wildman–Crippen LogP) is 3.87. The maximum Gasteiger partial charge on any atom is 0.245 e. The third-order valence-electron chi connectivity index (χ3n) is 5.28. The van der Waals surface area contributed by atoms with E-state index in [0.717, 1.165) is 28.6 Å². The number of hydrogen-bond donors (Lipinski definition) is 2. The minimum atomic E-state index is -0.0443. The summed E-state index contributed by atoms with van der Waals surface area (Å²) in [5.41, 5.74) is 4.89. The van der Waals surface area contributed by atoms with Crippen molar-refractivity contribution in [2.45, 2.75) is 19.3 Å². The monoisotopic (exact) mass is 374 g/mol. The number of carbonyl (C=O) groups is 1. The van der Waals surface area contributed by atoms with Crippen LogP contribution in [0.15, 0.2) is 49.6 Å². The summed E-state index contributed by atoms with van der Waals surface area (Å²) in [4.78, 5) is 17.2. The summed E-state index contributed by atoms with van der Waals surface area (Å²) in [5, 5.41) is 19.7. The second-order valence-electron chi connectivity index (χ2n) is 7.18. The number of benzene rings is 1. The lowest BCUT2D eigenvalue weighted by molar-refractivity contribution is -0.125. The van der Waals surface area contributed by atoms with Gasteiger partial charge in [-0.05, 0) is 43.2 Å². The largest absolute Gasteiger partial charge is 0.507 e. The van der Waals surface area contributed by atoms with Gasteiger partial charge in [0.15, 0.2) is 5.65 Å². The molecule has 0 aliphatic carbocycles. The molecule has 0 radical (unpaired) electrons. The number of aromatic amines is 1. The number of aromatic nitrogens is 3. The van der Waals surface area contributed by atoms with Gasteiger partial charge in [0, 0.05) is 41.2 Å². The van der Waals surface area contributed by atoms with Gasteiger partial charge in [-0.25, -0.2) is 0 Å².